The lowest BCUT2D eigenvalue weighted by Crippen LogP contribution is -2.01. The van der Waals surface area contributed by atoms with E-state index in [1.165, 1.54) is 12.4 Å². The van der Waals surface area contributed by atoms with Crippen molar-refractivity contribution in [3.63, 3.8) is 0 Å². The summed E-state index contributed by atoms with van der Waals surface area (Å²) in [5, 5.41) is 17.3. The first-order valence-electron chi connectivity index (χ1n) is 7.43. The summed E-state index contributed by atoms with van der Waals surface area (Å²) in [6, 6.07) is 12.0. The fraction of sp³-hybridized carbons (Fsp3) is 0. The smallest absolute Gasteiger partial charge is 0.335 e. The number of nitrogens with zero attached hydrogens (tertiary/aromatic N) is 5. The van der Waals surface area contributed by atoms with Crippen LogP contribution in [-0.4, -0.2) is 35.8 Å². The molecule has 8 heteroatoms. The van der Waals surface area contributed by atoms with Crippen molar-refractivity contribution >= 4 is 28.5 Å². The zero-order chi connectivity index (χ0) is 17.2. The Bertz CT molecular complexity index is 1060. The lowest BCUT2D eigenvalue weighted by Gasteiger charge is -2.07. The van der Waals surface area contributed by atoms with Crippen molar-refractivity contribution in [2.24, 2.45) is 0 Å². The van der Waals surface area contributed by atoms with Crippen molar-refractivity contribution in [3.8, 4) is 5.82 Å². The van der Waals surface area contributed by atoms with Crippen LogP contribution in [0.15, 0.2) is 61.2 Å². The number of nitrogens with one attached hydrogen (secondary N) is 1. The van der Waals surface area contributed by atoms with E-state index in [0.29, 0.717) is 28.4 Å². The van der Waals surface area contributed by atoms with Crippen molar-refractivity contribution in [1.82, 2.24) is 24.7 Å². The van der Waals surface area contributed by atoms with E-state index in [2.05, 4.69) is 25.4 Å². The first-order chi connectivity index (χ1) is 12.2. The second-order valence-corrected chi connectivity index (χ2v) is 5.21. The number of hydrogen-bond acceptors (Lipinski definition) is 6. The minimum absolute atomic E-state index is 0.194. The molecule has 3 heterocycles. The molecule has 0 aliphatic carbocycles. The Balaban J connectivity index is 1.75. The van der Waals surface area contributed by atoms with E-state index >= 15 is 0 Å². The fourth-order valence-electron chi connectivity index (χ4n) is 2.46. The maximum atomic E-state index is 11.1. The predicted octanol–water partition coefficient (Wildman–Crippen LogP) is 2.65. The number of benzene rings is 1. The maximum Gasteiger partial charge on any atom is 0.335 e. The molecular formula is C17H12N6O2. The van der Waals surface area contributed by atoms with Gasteiger partial charge in [0.15, 0.2) is 11.5 Å². The van der Waals surface area contributed by atoms with Crippen molar-refractivity contribution in [2.75, 3.05) is 5.32 Å². The lowest BCUT2D eigenvalue weighted by molar-refractivity contribution is 0.0697. The molecule has 0 amide bonds. The summed E-state index contributed by atoms with van der Waals surface area (Å²) in [4.78, 5) is 23.9. The van der Waals surface area contributed by atoms with Crippen LogP contribution in [0, 0.1) is 0 Å². The summed E-state index contributed by atoms with van der Waals surface area (Å²) in [5.41, 5.74) is 1.41. The third kappa shape index (κ3) is 2.76. The van der Waals surface area contributed by atoms with Gasteiger partial charge in [0.05, 0.1) is 17.1 Å². The van der Waals surface area contributed by atoms with Crippen molar-refractivity contribution in [1.29, 1.82) is 0 Å². The Labute approximate surface area is 141 Å². The average molecular weight is 332 g/mol. The summed E-state index contributed by atoms with van der Waals surface area (Å²) >= 11 is 0. The van der Waals surface area contributed by atoms with Crippen LogP contribution in [-0.2, 0) is 0 Å². The number of carbonyl (C=O) groups is 1. The molecule has 8 nitrogen and oxygen atoms in total. The van der Waals surface area contributed by atoms with Gasteiger partial charge >= 0.3 is 5.97 Å². The Kier molecular flexibility index (Phi) is 3.55. The molecule has 0 atom stereocenters. The molecule has 0 bridgehead atoms. The van der Waals surface area contributed by atoms with E-state index in [9.17, 15) is 4.79 Å². The third-order valence-corrected chi connectivity index (χ3v) is 3.60. The van der Waals surface area contributed by atoms with E-state index in [-0.39, 0.29) is 5.56 Å². The summed E-state index contributed by atoms with van der Waals surface area (Å²) < 4.78 is 1.62. The summed E-state index contributed by atoms with van der Waals surface area (Å²) in [6.07, 6.45) is 4.75. The third-order valence-electron chi connectivity index (χ3n) is 3.60. The molecule has 1 aromatic carbocycles. The largest absolute Gasteiger partial charge is 0.478 e. The number of pyridine rings is 1. The van der Waals surface area contributed by atoms with Crippen molar-refractivity contribution < 1.29 is 9.90 Å². The van der Waals surface area contributed by atoms with Crippen LogP contribution >= 0.6 is 0 Å². The number of carboxylic acids is 1. The number of rotatable bonds is 4. The van der Waals surface area contributed by atoms with Gasteiger partial charge in [-0.1, -0.05) is 12.1 Å². The lowest BCUT2D eigenvalue weighted by atomic mass is 10.2. The van der Waals surface area contributed by atoms with Gasteiger partial charge in [0.2, 0.25) is 0 Å². The normalized spacial score (nSPS) is 10.7. The van der Waals surface area contributed by atoms with E-state index in [4.69, 9.17) is 5.11 Å². The molecule has 0 unspecified atom stereocenters. The van der Waals surface area contributed by atoms with Crippen LogP contribution in [0.1, 0.15) is 10.4 Å². The first kappa shape index (κ1) is 14.8. The molecule has 4 aromatic rings. The quantitative estimate of drug-likeness (QED) is 0.591. The van der Waals surface area contributed by atoms with Gasteiger partial charge in [-0.25, -0.2) is 19.7 Å². The molecule has 25 heavy (non-hydrogen) atoms. The van der Waals surface area contributed by atoms with Crippen LogP contribution < -0.4 is 5.32 Å². The average Bonchev–Trinajstić information content (AvgIpc) is 3.08. The highest BCUT2D eigenvalue weighted by Gasteiger charge is 2.12. The molecule has 0 aliphatic rings. The predicted molar refractivity (Wildman–Crippen MR) is 91.1 cm³/mol. The Hall–Kier alpha value is -3.81. The van der Waals surface area contributed by atoms with Gasteiger partial charge in [0.25, 0.3) is 0 Å². The zero-order valence-electron chi connectivity index (χ0n) is 12.9. The minimum atomic E-state index is -0.987. The number of fused-ring (bicyclic) bond motifs is 1. The molecule has 3 aromatic heterocycles. The maximum absolute atomic E-state index is 11.1. The molecule has 0 saturated heterocycles. The molecule has 2 N–H and O–H groups in total. The number of aromatic carboxylic acids is 1. The monoisotopic (exact) mass is 332 g/mol. The van der Waals surface area contributed by atoms with E-state index in [1.807, 2.05) is 18.2 Å². The SMILES string of the molecule is O=C(O)c1cccc(Nc2ncnc3c2cnn3-c2ccccn2)c1. The minimum Gasteiger partial charge on any atom is -0.478 e. The Morgan fingerprint density at radius 3 is 2.80 bits per heavy atom. The van der Waals surface area contributed by atoms with E-state index in [0.717, 1.165) is 0 Å². The molecule has 0 fully saturated rings. The van der Waals surface area contributed by atoms with Gasteiger partial charge in [-0.05, 0) is 30.3 Å². The molecule has 122 valence electrons. The van der Waals surface area contributed by atoms with Crippen molar-refractivity contribution in [3.05, 3.63) is 66.7 Å². The Morgan fingerprint density at radius 2 is 2.00 bits per heavy atom. The van der Waals surface area contributed by atoms with Gasteiger partial charge in [-0.3, -0.25) is 0 Å². The zero-order valence-corrected chi connectivity index (χ0v) is 12.9. The van der Waals surface area contributed by atoms with Gasteiger partial charge < -0.3 is 10.4 Å². The standard InChI is InChI=1S/C17H12N6O2/c24-17(25)11-4-3-5-12(8-11)22-15-13-9-21-23(16(13)20-10-19-15)14-6-1-2-7-18-14/h1-10H,(H,24,25)(H,19,20,22). The highest BCUT2D eigenvalue weighted by Crippen LogP contribution is 2.24. The highest BCUT2D eigenvalue weighted by molar-refractivity contribution is 5.91. The Morgan fingerprint density at radius 1 is 1.08 bits per heavy atom. The molecule has 0 spiro atoms. The number of anilines is 2. The second kappa shape index (κ2) is 6.00. The molecule has 0 saturated carbocycles. The van der Waals surface area contributed by atoms with Crippen LogP contribution in [0.25, 0.3) is 16.9 Å². The van der Waals surface area contributed by atoms with Gasteiger partial charge in [-0.2, -0.15) is 9.78 Å². The molecule has 0 aliphatic heterocycles. The van der Waals surface area contributed by atoms with Gasteiger partial charge in [0, 0.05) is 11.9 Å². The van der Waals surface area contributed by atoms with Crippen LogP contribution in [0.4, 0.5) is 11.5 Å². The highest BCUT2D eigenvalue weighted by atomic mass is 16.4. The number of carboxylic acid groups (broad SMARTS) is 1. The summed E-state index contributed by atoms with van der Waals surface area (Å²) in [6.45, 7) is 0. The van der Waals surface area contributed by atoms with Crippen molar-refractivity contribution in [2.45, 2.75) is 0 Å². The van der Waals surface area contributed by atoms with E-state index < -0.39 is 5.97 Å². The molecular weight excluding hydrogens is 320 g/mol. The number of hydrogen-bond donors (Lipinski definition) is 2. The van der Waals surface area contributed by atoms with Gasteiger partial charge in [0.1, 0.15) is 12.1 Å². The first-order valence-corrected chi connectivity index (χ1v) is 7.43. The summed E-state index contributed by atoms with van der Waals surface area (Å²) in [7, 11) is 0. The number of aromatic nitrogens is 5. The molecule has 0 radical (unpaired) electrons. The second-order valence-electron chi connectivity index (χ2n) is 5.21. The van der Waals surface area contributed by atoms with Crippen LogP contribution in [0.3, 0.4) is 0 Å². The van der Waals surface area contributed by atoms with Crippen LogP contribution in [0.5, 0.6) is 0 Å². The fourth-order valence-corrected chi connectivity index (χ4v) is 2.46. The van der Waals surface area contributed by atoms with Crippen LogP contribution in [0.2, 0.25) is 0 Å². The van der Waals surface area contributed by atoms with Gasteiger partial charge in [-0.15, -0.1) is 0 Å². The van der Waals surface area contributed by atoms with E-state index in [1.54, 1.807) is 35.3 Å². The summed E-state index contributed by atoms with van der Waals surface area (Å²) in [5.74, 6) is 0.198. The topological polar surface area (TPSA) is 106 Å². The molecule has 4 rings (SSSR count).